The van der Waals surface area contributed by atoms with Gasteiger partial charge in [0.15, 0.2) is 0 Å². The number of rotatable bonds is 6. The summed E-state index contributed by atoms with van der Waals surface area (Å²) in [6.07, 6.45) is 4.30. The highest BCUT2D eigenvalue weighted by molar-refractivity contribution is 5.79. The Morgan fingerprint density at radius 2 is 1.83 bits per heavy atom. The van der Waals surface area contributed by atoms with Crippen LogP contribution in [0.3, 0.4) is 0 Å². The summed E-state index contributed by atoms with van der Waals surface area (Å²) < 4.78 is 0. The van der Waals surface area contributed by atoms with Crippen LogP contribution in [0.4, 0.5) is 5.95 Å². The average Bonchev–Trinajstić information content (AvgIpc) is 2.55. The van der Waals surface area contributed by atoms with Crippen LogP contribution in [0.25, 0.3) is 0 Å². The fourth-order valence-electron chi connectivity index (χ4n) is 2.52. The predicted molar refractivity (Wildman–Crippen MR) is 87.9 cm³/mol. The lowest BCUT2D eigenvalue weighted by Crippen LogP contribution is -2.49. The summed E-state index contributed by atoms with van der Waals surface area (Å²) in [5.41, 5.74) is 0. The van der Waals surface area contributed by atoms with E-state index in [0.717, 1.165) is 13.1 Å². The first-order valence-electron chi connectivity index (χ1n) is 8.12. The first-order chi connectivity index (χ1) is 11.1. The van der Waals surface area contributed by atoms with Gasteiger partial charge >= 0.3 is 0 Å². The molecule has 1 aromatic rings. The molecule has 1 aromatic heterocycles. The zero-order chi connectivity index (χ0) is 16.7. The van der Waals surface area contributed by atoms with E-state index in [1.54, 1.807) is 18.5 Å². The number of carbonyl (C=O) groups is 2. The third kappa shape index (κ3) is 5.50. The van der Waals surface area contributed by atoms with Crippen LogP contribution in [-0.4, -0.2) is 59.4 Å². The van der Waals surface area contributed by atoms with Crippen molar-refractivity contribution in [1.82, 2.24) is 20.2 Å². The normalized spacial score (nSPS) is 14.9. The van der Waals surface area contributed by atoms with Gasteiger partial charge in [0, 0.05) is 58.0 Å². The fourth-order valence-corrected chi connectivity index (χ4v) is 2.52. The lowest BCUT2D eigenvalue weighted by Gasteiger charge is -2.34. The molecule has 0 bridgehead atoms. The van der Waals surface area contributed by atoms with Gasteiger partial charge in [0.2, 0.25) is 17.8 Å². The van der Waals surface area contributed by atoms with Gasteiger partial charge in [-0.05, 0) is 12.0 Å². The Labute approximate surface area is 137 Å². The van der Waals surface area contributed by atoms with E-state index in [-0.39, 0.29) is 11.8 Å². The Hall–Kier alpha value is -2.18. The fraction of sp³-hybridized carbons (Fsp3) is 0.625. The number of hydrogen-bond donors (Lipinski definition) is 1. The van der Waals surface area contributed by atoms with Crippen molar-refractivity contribution in [3.8, 4) is 0 Å². The number of amides is 2. The number of aromatic nitrogens is 2. The molecule has 2 heterocycles. The molecule has 1 aliphatic rings. The van der Waals surface area contributed by atoms with Crippen LogP contribution in [0.15, 0.2) is 18.5 Å². The molecule has 1 N–H and O–H groups in total. The summed E-state index contributed by atoms with van der Waals surface area (Å²) >= 11 is 0. The van der Waals surface area contributed by atoms with Gasteiger partial charge in [-0.2, -0.15) is 0 Å². The van der Waals surface area contributed by atoms with Crippen molar-refractivity contribution in [2.75, 3.05) is 37.6 Å². The monoisotopic (exact) mass is 319 g/mol. The molecule has 2 amide bonds. The first kappa shape index (κ1) is 17.2. The molecule has 0 radical (unpaired) electrons. The molecule has 7 heteroatoms. The van der Waals surface area contributed by atoms with E-state index in [9.17, 15) is 9.59 Å². The van der Waals surface area contributed by atoms with E-state index in [4.69, 9.17) is 0 Å². The van der Waals surface area contributed by atoms with E-state index >= 15 is 0 Å². The Morgan fingerprint density at radius 1 is 1.17 bits per heavy atom. The minimum absolute atomic E-state index is 0.0128. The number of carbonyl (C=O) groups excluding carboxylic acids is 2. The standard InChI is InChI=1S/C16H25N5O2/c1-13(2)12-14(22)17-7-4-15(23)20-8-10-21(11-9-20)16-18-5-3-6-19-16/h3,5-6,13H,4,7-12H2,1-2H3,(H,17,22). The van der Waals surface area contributed by atoms with Crippen LogP contribution in [0.1, 0.15) is 26.7 Å². The zero-order valence-electron chi connectivity index (χ0n) is 13.9. The van der Waals surface area contributed by atoms with Gasteiger partial charge in [0.05, 0.1) is 0 Å². The maximum Gasteiger partial charge on any atom is 0.225 e. The molecule has 2 rings (SSSR count). The maximum atomic E-state index is 12.2. The largest absolute Gasteiger partial charge is 0.356 e. The number of hydrogen-bond acceptors (Lipinski definition) is 5. The van der Waals surface area contributed by atoms with E-state index in [1.165, 1.54) is 0 Å². The Balaban J connectivity index is 1.68. The summed E-state index contributed by atoms with van der Waals surface area (Å²) in [5.74, 6) is 1.14. The van der Waals surface area contributed by atoms with Crippen molar-refractivity contribution in [2.45, 2.75) is 26.7 Å². The Bertz CT molecular complexity index is 512. The highest BCUT2D eigenvalue weighted by Gasteiger charge is 2.22. The smallest absolute Gasteiger partial charge is 0.225 e. The number of piperazine rings is 1. The van der Waals surface area contributed by atoms with Crippen molar-refractivity contribution < 1.29 is 9.59 Å². The molecule has 0 unspecified atom stereocenters. The van der Waals surface area contributed by atoms with Crippen molar-refractivity contribution in [3.05, 3.63) is 18.5 Å². The molecule has 0 spiro atoms. The Morgan fingerprint density at radius 3 is 2.43 bits per heavy atom. The molecule has 1 fully saturated rings. The minimum atomic E-state index is 0.0128. The zero-order valence-corrected chi connectivity index (χ0v) is 13.9. The van der Waals surface area contributed by atoms with Crippen LogP contribution in [0.2, 0.25) is 0 Å². The molecule has 1 aliphatic heterocycles. The molecule has 126 valence electrons. The molecule has 1 saturated heterocycles. The van der Waals surface area contributed by atoms with Gasteiger partial charge in [0.1, 0.15) is 0 Å². The van der Waals surface area contributed by atoms with Crippen molar-refractivity contribution in [2.24, 2.45) is 5.92 Å². The third-order valence-corrected chi connectivity index (χ3v) is 3.72. The highest BCUT2D eigenvalue weighted by atomic mass is 16.2. The maximum absolute atomic E-state index is 12.2. The topological polar surface area (TPSA) is 78.4 Å². The lowest BCUT2D eigenvalue weighted by atomic mass is 10.1. The molecule has 0 atom stereocenters. The van der Waals surface area contributed by atoms with Gasteiger partial charge in [-0.15, -0.1) is 0 Å². The van der Waals surface area contributed by atoms with Crippen LogP contribution >= 0.6 is 0 Å². The van der Waals surface area contributed by atoms with E-state index in [2.05, 4.69) is 20.2 Å². The van der Waals surface area contributed by atoms with Crippen LogP contribution in [0, 0.1) is 5.92 Å². The first-order valence-corrected chi connectivity index (χ1v) is 8.12. The summed E-state index contributed by atoms with van der Waals surface area (Å²) in [4.78, 5) is 36.1. The van der Waals surface area contributed by atoms with Crippen molar-refractivity contribution in [3.63, 3.8) is 0 Å². The summed E-state index contributed by atoms with van der Waals surface area (Å²) in [5, 5.41) is 2.80. The summed E-state index contributed by atoms with van der Waals surface area (Å²) in [6, 6.07) is 1.79. The number of nitrogens with zero attached hydrogens (tertiary/aromatic N) is 4. The van der Waals surface area contributed by atoms with E-state index < -0.39 is 0 Å². The third-order valence-electron chi connectivity index (χ3n) is 3.72. The molecule has 0 aliphatic carbocycles. The average molecular weight is 319 g/mol. The van der Waals surface area contributed by atoms with Gasteiger partial charge in [-0.1, -0.05) is 13.8 Å². The van der Waals surface area contributed by atoms with Crippen LogP contribution < -0.4 is 10.2 Å². The molecule has 0 aromatic carbocycles. The molecule has 7 nitrogen and oxygen atoms in total. The minimum Gasteiger partial charge on any atom is -0.356 e. The second-order valence-corrected chi connectivity index (χ2v) is 6.11. The van der Waals surface area contributed by atoms with Crippen LogP contribution in [-0.2, 0) is 9.59 Å². The highest BCUT2D eigenvalue weighted by Crippen LogP contribution is 2.10. The summed E-state index contributed by atoms with van der Waals surface area (Å²) in [6.45, 7) is 7.20. The number of anilines is 1. The molecular formula is C16H25N5O2. The van der Waals surface area contributed by atoms with Crippen molar-refractivity contribution >= 4 is 17.8 Å². The SMILES string of the molecule is CC(C)CC(=O)NCCC(=O)N1CCN(c2ncccn2)CC1. The predicted octanol–water partition coefficient (Wildman–Crippen LogP) is 0.678. The van der Waals surface area contributed by atoms with E-state index in [1.807, 2.05) is 18.7 Å². The molecular weight excluding hydrogens is 294 g/mol. The van der Waals surface area contributed by atoms with Gasteiger partial charge in [0.25, 0.3) is 0 Å². The summed E-state index contributed by atoms with van der Waals surface area (Å²) in [7, 11) is 0. The molecule has 0 saturated carbocycles. The van der Waals surface area contributed by atoms with Gasteiger partial charge in [-0.25, -0.2) is 9.97 Å². The second-order valence-electron chi connectivity index (χ2n) is 6.11. The lowest BCUT2D eigenvalue weighted by molar-refractivity contribution is -0.131. The van der Waals surface area contributed by atoms with Gasteiger partial charge in [-0.3, -0.25) is 9.59 Å². The van der Waals surface area contributed by atoms with Gasteiger partial charge < -0.3 is 15.1 Å². The van der Waals surface area contributed by atoms with Crippen molar-refractivity contribution in [1.29, 1.82) is 0 Å². The quantitative estimate of drug-likeness (QED) is 0.834. The number of nitrogens with one attached hydrogen (secondary N) is 1. The Kier molecular flexibility index (Phi) is 6.31. The second kappa shape index (κ2) is 8.45. The molecule has 23 heavy (non-hydrogen) atoms. The van der Waals surface area contributed by atoms with E-state index in [0.29, 0.717) is 44.3 Å². The van der Waals surface area contributed by atoms with Crippen LogP contribution in [0.5, 0.6) is 0 Å².